The summed E-state index contributed by atoms with van der Waals surface area (Å²) in [6.07, 6.45) is 0. The van der Waals surface area contributed by atoms with Crippen molar-refractivity contribution in [2.75, 3.05) is 13.6 Å². The lowest BCUT2D eigenvalue weighted by atomic mass is 9.93. The average Bonchev–Trinajstić information content (AvgIpc) is 2.42. The van der Waals surface area contributed by atoms with Crippen LogP contribution in [0.2, 0.25) is 0 Å². The molecular weight excluding hydrogens is 192 g/mol. The molecule has 15 heavy (non-hydrogen) atoms. The number of phenolic OH excluding ortho intramolecular Hbond substituents is 1. The molecule has 4 nitrogen and oxygen atoms in total. The molecule has 0 spiro atoms. The van der Waals surface area contributed by atoms with Crippen LogP contribution < -0.4 is 5.32 Å². The van der Waals surface area contributed by atoms with E-state index in [1.807, 2.05) is 13.0 Å². The van der Waals surface area contributed by atoms with Gasteiger partial charge < -0.3 is 15.3 Å². The molecule has 1 fully saturated rings. The van der Waals surface area contributed by atoms with Gasteiger partial charge in [0.2, 0.25) is 0 Å². The maximum absolute atomic E-state index is 11.4. The highest BCUT2D eigenvalue weighted by atomic mass is 16.3. The smallest absolute Gasteiger partial charge is 0.317 e. The molecule has 1 saturated heterocycles. The number of phenols is 1. The number of nitrogens with zero attached hydrogens (tertiary/aromatic N) is 1. The number of amides is 2. The SMILES string of the molecule is CN1CC(C)(c2cccc(O)c2)NC1=O. The maximum Gasteiger partial charge on any atom is 0.317 e. The first-order valence-electron chi connectivity index (χ1n) is 4.84. The minimum atomic E-state index is -0.412. The lowest BCUT2D eigenvalue weighted by Crippen LogP contribution is -2.37. The van der Waals surface area contributed by atoms with Gasteiger partial charge in [-0.1, -0.05) is 12.1 Å². The summed E-state index contributed by atoms with van der Waals surface area (Å²) in [5.41, 5.74) is 0.505. The summed E-state index contributed by atoms with van der Waals surface area (Å²) in [5, 5.41) is 12.3. The van der Waals surface area contributed by atoms with Crippen molar-refractivity contribution in [3.63, 3.8) is 0 Å². The van der Waals surface area contributed by atoms with Crippen molar-refractivity contribution in [1.82, 2.24) is 10.2 Å². The summed E-state index contributed by atoms with van der Waals surface area (Å²) in [7, 11) is 1.75. The number of likely N-dealkylation sites (N-methyl/N-ethyl adjacent to an activating group) is 1. The van der Waals surface area contributed by atoms with E-state index in [0.29, 0.717) is 6.54 Å². The first kappa shape index (κ1) is 9.83. The Labute approximate surface area is 88.5 Å². The Morgan fingerprint density at radius 1 is 1.53 bits per heavy atom. The molecule has 1 atom stereocenters. The van der Waals surface area contributed by atoms with E-state index in [1.165, 1.54) is 0 Å². The average molecular weight is 206 g/mol. The van der Waals surface area contributed by atoms with Crippen LogP contribution in [0, 0.1) is 0 Å². The molecule has 80 valence electrons. The Kier molecular flexibility index (Phi) is 2.07. The van der Waals surface area contributed by atoms with E-state index in [-0.39, 0.29) is 11.8 Å². The van der Waals surface area contributed by atoms with Gasteiger partial charge in [-0.2, -0.15) is 0 Å². The Balaban J connectivity index is 2.35. The third-order valence-electron chi connectivity index (χ3n) is 2.77. The van der Waals surface area contributed by atoms with E-state index in [2.05, 4.69) is 5.32 Å². The van der Waals surface area contributed by atoms with E-state index in [0.717, 1.165) is 5.56 Å². The number of carbonyl (C=O) groups is 1. The predicted molar refractivity (Wildman–Crippen MR) is 56.6 cm³/mol. The van der Waals surface area contributed by atoms with Crippen molar-refractivity contribution in [2.45, 2.75) is 12.5 Å². The second-order valence-corrected chi connectivity index (χ2v) is 4.17. The molecule has 1 aliphatic heterocycles. The summed E-state index contributed by atoms with van der Waals surface area (Å²) in [5.74, 6) is 0.220. The molecule has 0 bridgehead atoms. The molecule has 1 aromatic rings. The molecule has 0 radical (unpaired) electrons. The van der Waals surface area contributed by atoms with Crippen molar-refractivity contribution >= 4 is 6.03 Å². The predicted octanol–water partition coefficient (Wildman–Crippen LogP) is 1.26. The summed E-state index contributed by atoms with van der Waals surface area (Å²) >= 11 is 0. The van der Waals surface area contributed by atoms with E-state index >= 15 is 0 Å². The highest BCUT2D eigenvalue weighted by Gasteiger charge is 2.38. The molecule has 1 unspecified atom stereocenters. The fraction of sp³-hybridized carbons (Fsp3) is 0.364. The molecule has 1 aliphatic rings. The summed E-state index contributed by atoms with van der Waals surface area (Å²) in [6, 6.07) is 6.90. The van der Waals surface area contributed by atoms with Crippen molar-refractivity contribution in [1.29, 1.82) is 0 Å². The van der Waals surface area contributed by atoms with Crippen molar-refractivity contribution in [3.8, 4) is 5.75 Å². The second kappa shape index (κ2) is 3.15. The molecular formula is C11H14N2O2. The number of carbonyl (C=O) groups excluding carboxylic acids is 1. The molecule has 2 amide bonds. The van der Waals surface area contributed by atoms with E-state index in [9.17, 15) is 9.90 Å². The van der Waals surface area contributed by atoms with Crippen molar-refractivity contribution < 1.29 is 9.90 Å². The van der Waals surface area contributed by atoms with Crippen molar-refractivity contribution in [2.24, 2.45) is 0 Å². The summed E-state index contributed by atoms with van der Waals surface area (Å²) in [6.45, 7) is 2.55. The Morgan fingerprint density at radius 2 is 2.27 bits per heavy atom. The van der Waals surface area contributed by atoms with Crippen molar-refractivity contribution in [3.05, 3.63) is 29.8 Å². The first-order chi connectivity index (χ1) is 7.01. The van der Waals surface area contributed by atoms with Crippen LogP contribution in [0.3, 0.4) is 0 Å². The van der Waals surface area contributed by atoms with Crippen LogP contribution in [0.1, 0.15) is 12.5 Å². The topological polar surface area (TPSA) is 52.6 Å². The monoisotopic (exact) mass is 206 g/mol. The molecule has 2 N–H and O–H groups in total. The Bertz CT molecular complexity index is 405. The van der Waals surface area contributed by atoms with Gasteiger partial charge in [-0.3, -0.25) is 0 Å². The van der Waals surface area contributed by atoms with E-state index < -0.39 is 5.54 Å². The lowest BCUT2D eigenvalue weighted by Gasteiger charge is -2.23. The van der Waals surface area contributed by atoms with Crippen LogP contribution >= 0.6 is 0 Å². The molecule has 0 saturated carbocycles. The zero-order valence-electron chi connectivity index (χ0n) is 8.82. The third kappa shape index (κ3) is 1.63. The minimum absolute atomic E-state index is 0.0826. The molecule has 0 aliphatic carbocycles. The van der Waals surface area contributed by atoms with Gasteiger partial charge in [-0.25, -0.2) is 4.79 Å². The van der Waals surface area contributed by atoms with E-state index in [4.69, 9.17) is 0 Å². The third-order valence-corrected chi connectivity index (χ3v) is 2.77. The van der Waals surface area contributed by atoms with Crippen LogP contribution in [0.4, 0.5) is 4.79 Å². The second-order valence-electron chi connectivity index (χ2n) is 4.17. The van der Waals surface area contributed by atoms with Crippen LogP contribution in [0.5, 0.6) is 5.75 Å². The van der Waals surface area contributed by atoms with Gasteiger partial charge in [0, 0.05) is 13.6 Å². The maximum atomic E-state index is 11.4. The first-order valence-corrected chi connectivity index (χ1v) is 4.84. The molecule has 0 aromatic heterocycles. The number of hydrogen-bond donors (Lipinski definition) is 2. The quantitative estimate of drug-likeness (QED) is 0.726. The number of urea groups is 1. The molecule has 2 rings (SSSR count). The molecule has 1 heterocycles. The Morgan fingerprint density at radius 3 is 2.80 bits per heavy atom. The van der Waals surface area contributed by atoms with Crippen LogP contribution in [-0.2, 0) is 5.54 Å². The Hall–Kier alpha value is -1.71. The number of nitrogens with one attached hydrogen (secondary N) is 1. The van der Waals surface area contributed by atoms with Crippen LogP contribution in [0.25, 0.3) is 0 Å². The van der Waals surface area contributed by atoms with Gasteiger partial charge >= 0.3 is 6.03 Å². The molecule has 4 heteroatoms. The highest BCUT2D eigenvalue weighted by Crippen LogP contribution is 2.28. The number of benzene rings is 1. The van der Waals surface area contributed by atoms with Gasteiger partial charge in [0.05, 0.1) is 5.54 Å². The largest absolute Gasteiger partial charge is 0.508 e. The number of rotatable bonds is 1. The van der Waals surface area contributed by atoms with E-state index in [1.54, 1.807) is 30.1 Å². The fourth-order valence-electron chi connectivity index (χ4n) is 1.93. The summed E-state index contributed by atoms with van der Waals surface area (Å²) < 4.78 is 0. The number of aromatic hydroxyl groups is 1. The zero-order chi connectivity index (χ0) is 11.1. The minimum Gasteiger partial charge on any atom is -0.508 e. The fourth-order valence-corrected chi connectivity index (χ4v) is 1.93. The van der Waals surface area contributed by atoms with Gasteiger partial charge in [-0.15, -0.1) is 0 Å². The number of hydrogen-bond acceptors (Lipinski definition) is 2. The van der Waals surface area contributed by atoms with Crippen LogP contribution in [-0.4, -0.2) is 29.6 Å². The van der Waals surface area contributed by atoms with Crippen LogP contribution in [0.15, 0.2) is 24.3 Å². The standard InChI is InChI=1S/C11H14N2O2/c1-11(7-13(2)10(15)12-11)8-4-3-5-9(14)6-8/h3-6,14H,7H2,1-2H3,(H,12,15). The zero-order valence-corrected chi connectivity index (χ0v) is 8.82. The molecule has 1 aromatic carbocycles. The van der Waals surface area contributed by atoms with Gasteiger partial charge in [0.1, 0.15) is 5.75 Å². The normalized spacial score (nSPS) is 25.5. The van der Waals surface area contributed by atoms with Gasteiger partial charge in [0.25, 0.3) is 0 Å². The highest BCUT2D eigenvalue weighted by molar-refractivity contribution is 5.78. The lowest BCUT2D eigenvalue weighted by molar-refractivity contribution is 0.226. The summed E-state index contributed by atoms with van der Waals surface area (Å²) in [4.78, 5) is 13.0. The van der Waals surface area contributed by atoms with Gasteiger partial charge in [-0.05, 0) is 24.6 Å². The van der Waals surface area contributed by atoms with Gasteiger partial charge in [0.15, 0.2) is 0 Å².